The van der Waals surface area contributed by atoms with E-state index in [2.05, 4.69) is 26.9 Å². The molecule has 1 unspecified atom stereocenters. The van der Waals surface area contributed by atoms with Gasteiger partial charge in [0, 0.05) is 30.4 Å². The van der Waals surface area contributed by atoms with Crippen LogP contribution >= 0.6 is 15.9 Å². The van der Waals surface area contributed by atoms with Crippen molar-refractivity contribution in [2.75, 3.05) is 30.8 Å². The summed E-state index contributed by atoms with van der Waals surface area (Å²) < 4.78 is 6.44. The fourth-order valence-electron chi connectivity index (χ4n) is 2.06. The molecule has 0 aliphatic carbocycles. The van der Waals surface area contributed by atoms with E-state index >= 15 is 0 Å². The van der Waals surface area contributed by atoms with Gasteiger partial charge < -0.3 is 15.4 Å². The summed E-state index contributed by atoms with van der Waals surface area (Å²) in [7, 11) is 1.78. The predicted octanol–water partition coefficient (Wildman–Crippen LogP) is 2.56. The Hall–Kier alpha value is -0.740. The molecule has 0 radical (unpaired) electrons. The van der Waals surface area contributed by atoms with Gasteiger partial charge in [-0.2, -0.15) is 0 Å². The summed E-state index contributed by atoms with van der Waals surface area (Å²) in [6.45, 7) is 4.04. The van der Waals surface area contributed by atoms with Crippen molar-refractivity contribution >= 4 is 27.3 Å². The summed E-state index contributed by atoms with van der Waals surface area (Å²) in [6, 6.07) is 4.11. The Balaban J connectivity index is 2.24. The standard InChI is InChI=1S/C12H17BrN2O/c1-8-5-12(10(13)6-11(8)14)15-4-3-9(7-15)16-2/h5-6,9H,3-4,7,14H2,1-2H3. The average molecular weight is 285 g/mol. The highest BCUT2D eigenvalue weighted by molar-refractivity contribution is 9.10. The van der Waals surface area contributed by atoms with Crippen molar-refractivity contribution in [1.29, 1.82) is 0 Å². The number of methoxy groups -OCH3 is 1. The van der Waals surface area contributed by atoms with Gasteiger partial charge in [-0.05, 0) is 47.0 Å². The molecular formula is C12H17BrN2O. The van der Waals surface area contributed by atoms with Crippen LogP contribution in [0.4, 0.5) is 11.4 Å². The molecule has 1 aromatic carbocycles. The molecule has 3 nitrogen and oxygen atoms in total. The van der Waals surface area contributed by atoms with Gasteiger partial charge in [0.15, 0.2) is 0 Å². The topological polar surface area (TPSA) is 38.5 Å². The van der Waals surface area contributed by atoms with Gasteiger partial charge >= 0.3 is 0 Å². The third-order valence-corrected chi connectivity index (χ3v) is 3.79. The number of rotatable bonds is 2. The van der Waals surface area contributed by atoms with E-state index in [0.717, 1.165) is 35.2 Å². The van der Waals surface area contributed by atoms with Crippen LogP contribution in [0.3, 0.4) is 0 Å². The number of anilines is 2. The maximum atomic E-state index is 5.87. The molecule has 0 amide bonds. The average Bonchev–Trinajstić information content (AvgIpc) is 2.71. The van der Waals surface area contributed by atoms with Crippen LogP contribution in [0.2, 0.25) is 0 Å². The summed E-state index contributed by atoms with van der Waals surface area (Å²) >= 11 is 3.57. The van der Waals surface area contributed by atoms with E-state index in [9.17, 15) is 0 Å². The van der Waals surface area contributed by atoms with Crippen LogP contribution in [0.15, 0.2) is 16.6 Å². The van der Waals surface area contributed by atoms with Gasteiger partial charge in [-0.25, -0.2) is 0 Å². The minimum Gasteiger partial charge on any atom is -0.398 e. The van der Waals surface area contributed by atoms with Crippen molar-refractivity contribution in [2.45, 2.75) is 19.4 Å². The van der Waals surface area contributed by atoms with Crippen molar-refractivity contribution in [3.05, 3.63) is 22.2 Å². The fourth-order valence-corrected chi connectivity index (χ4v) is 2.68. The summed E-state index contributed by atoms with van der Waals surface area (Å²) in [4.78, 5) is 2.34. The molecule has 0 saturated carbocycles. The van der Waals surface area contributed by atoms with Crippen molar-refractivity contribution in [2.24, 2.45) is 0 Å². The second kappa shape index (κ2) is 4.63. The third-order valence-electron chi connectivity index (χ3n) is 3.15. The molecule has 0 bridgehead atoms. The predicted molar refractivity (Wildman–Crippen MR) is 70.9 cm³/mol. The molecule has 1 saturated heterocycles. The molecule has 16 heavy (non-hydrogen) atoms. The molecule has 1 heterocycles. The molecule has 2 N–H and O–H groups in total. The van der Waals surface area contributed by atoms with Gasteiger partial charge in [-0.3, -0.25) is 0 Å². The highest BCUT2D eigenvalue weighted by Gasteiger charge is 2.23. The highest BCUT2D eigenvalue weighted by Crippen LogP contribution is 2.33. The molecule has 4 heteroatoms. The summed E-state index contributed by atoms with van der Waals surface area (Å²) in [5.41, 5.74) is 9.04. The van der Waals surface area contributed by atoms with Gasteiger partial charge in [0.2, 0.25) is 0 Å². The summed E-state index contributed by atoms with van der Waals surface area (Å²) in [5, 5.41) is 0. The minimum absolute atomic E-state index is 0.352. The Labute approximate surface area is 105 Å². The Morgan fingerprint density at radius 2 is 2.25 bits per heavy atom. The molecule has 1 aliphatic rings. The second-order valence-electron chi connectivity index (χ2n) is 4.25. The number of nitrogens with two attached hydrogens (primary N) is 1. The molecule has 1 fully saturated rings. The molecule has 1 atom stereocenters. The molecule has 0 aromatic heterocycles. The summed E-state index contributed by atoms with van der Waals surface area (Å²) in [5.74, 6) is 0. The van der Waals surface area contributed by atoms with E-state index in [-0.39, 0.29) is 0 Å². The molecule has 2 rings (SSSR count). The number of halogens is 1. The van der Waals surface area contributed by atoms with Gasteiger partial charge in [-0.15, -0.1) is 0 Å². The van der Waals surface area contributed by atoms with E-state index in [1.807, 2.05) is 13.0 Å². The van der Waals surface area contributed by atoms with Crippen LogP contribution < -0.4 is 10.6 Å². The van der Waals surface area contributed by atoms with Crippen molar-refractivity contribution in [3.63, 3.8) is 0 Å². The Morgan fingerprint density at radius 3 is 2.88 bits per heavy atom. The van der Waals surface area contributed by atoms with Crippen LogP contribution in [0, 0.1) is 6.92 Å². The lowest BCUT2D eigenvalue weighted by atomic mass is 10.1. The lowest BCUT2D eigenvalue weighted by molar-refractivity contribution is 0.121. The highest BCUT2D eigenvalue weighted by atomic mass is 79.9. The van der Waals surface area contributed by atoms with Crippen molar-refractivity contribution in [3.8, 4) is 0 Å². The third kappa shape index (κ3) is 2.18. The van der Waals surface area contributed by atoms with E-state index < -0.39 is 0 Å². The van der Waals surface area contributed by atoms with Crippen LogP contribution in [-0.2, 0) is 4.74 Å². The monoisotopic (exact) mass is 284 g/mol. The lowest BCUT2D eigenvalue weighted by Crippen LogP contribution is -2.22. The quantitative estimate of drug-likeness (QED) is 0.849. The number of aryl methyl sites for hydroxylation is 1. The fraction of sp³-hybridized carbons (Fsp3) is 0.500. The molecule has 1 aromatic rings. The van der Waals surface area contributed by atoms with Gasteiger partial charge in [0.05, 0.1) is 11.8 Å². The zero-order valence-electron chi connectivity index (χ0n) is 9.66. The Bertz CT molecular complexity index is 395. The first-order valence-corrected chi connectivity index (χ1v) is 6.24. The van der Waals surface area contributed by atoms with E-state index in [4.69, 9.17) is 10.5 Å². The molecule has 0 spiro atoms. The van der Waals surface area contributed by atoms with E-state index in [1.165, 1.54) is 5.69 Å². The van der Waals surface area contributed by atoms with Gasteiger partial charge in [-0.1, -0.05) is 0 Å². The molecule has 88 valence electrons. The minimum atomic E-state index is 0.352. The number of ether oxygens (including phenoxy) is 1. The van der Waals surface area contributed by atoms with Crippen LogP contribution in [0.1, 0.15) is 12.0 Å². The van der Waals surface area contributed by atoms with E-state index in [1.54, 1.807) is 7.11 Å². The number of benzene rings is 1. The number of nitrogens with zero attached hydrogens (tertiary/aromatic N) is 1. The van der Waals surface area contributed by atoms with Crippen LogP contribution in [-0.4, -0.2) is 26.3 Å². The number of hydrogen-bond acceptors (Lipinski definition) is 3. The Morgan fingerprint density at radius 1 is 1.50 bits per heavy atom. The van der Waals surface area contributed by atoms with Gasteiger partial charge in [0.1, 0.15) is 0 Å². The maximum absolute atomic E-state index is 5.87. The largest absolute Gasteiger partial charge is 0.398 e. The smallest absolute Gasteiger partial charge is 0.0762 e. The van der Waals surface area contributed by atoms with Crippen molar-refractivity contribution < 1.29 is 4.74 Å². The van der Waals surface area contributed by atoms with Crippen molar-refractivity contribution in [1.82, 2.24) is 0 Å². The van der Waals surface area contributed by atoms with E-state index in [0.29, 0.717) is 6.10 Å². The zero-order valence-corrected chi connectivity index (χ0v) is 11.3. The first-order chi connectivity index (χ1) is 7.61. The first kappa shape index (κ1) is 11.7. The zero-order chi connectivity index (χ0) is 11.7. The number of hydrogen-bond donors (Lipinski definition) is 1. The maximum Gasteiger partial charge on any atom is 0.0762 e. The normalized spacial score (nSPS) is 20.4. The molecular weight excluding hydrogens is 268 g/mol. The number of nitrogen functional groups attached to an aromatic ring is 1. The second-order valence-corrected chi connectivity index (χ2v) is 5.11. The van der Waals surface area contributed by atoms with Crippen LogP contribution in [0.5, 0.6) is 0 Å². The first-order valence-electron chi connectivity index (χ1n) is 5.45. The van der Waals surface area contributed by atoms with Crippen LogP contribution in [0.25, 0.3) is 0 Å². The SMILES string of the molecule is COC1CCN(c2cc(C)c(N)cc2Br)C1. The summed E-state index contributed by atoms with van der Waals surface area (Å²) in [6.07, 6.45) is 1.44. The van der Waals surface area contributed by atoms with Gasteiger partial charge in [0.25, 0.3) is 0 Å². The molecule has 1 aliphatic heterocycles. The lowest BCUT2D eigenvalue weighted by Gasteiger charge is -2.21. The Kier molecular flexibility index (Phi) is 3.40.